The molecule has 1 aromatic rings. The molecule has 0 bridgehead atoms. The van der Waals surface area contributed by atoms with Crippen molar-refractivity contribution in [2.75, 3.05) is 5.32 Å². The van der Waals surface area contributed by atoms with E-state index >= 15 is 0 Å². The summed E-state index contributed by atoms with van der Waals surface area (Å²) in [4.78, 5) is 10.8. The zero-order valence-electron chi connectivity index (χ0n) is 11.1. The molecule has 1 aliphatic carbocycles. The summed E-state index contributed by atoms with van der Waals surface area (Å²) in [6.45, 7) is 3.95. The second kappa shape index (κ2) is 4.96. The maximum absolute atomic E-state index is 11.1. The number of nitro groups is 1. The average molecular weight is 252 g/mol. The summed E-state index contributed by atoms with van der Waals surface area (Å²) in [5.74, 6) is 1.33. The van der Waals surface area contributed by atoms with Gasteiger partial charge in [-0.3, -0.25) is 10.1 Å². The van der Waals surface area contributed by atoms with Crippen LogP contribution in [-0.4, -0.2) is 20.7 Å². The lowest BCUT2D eigenvalue weighted by Gasteiger charge is -2.14. The first-order chi connectivity index (χ1) is 8.52. The molecule has 6 nitrogen and oxygen atoms in total. The second-order valence-electron chi connectivity index (χ2n) is 5.10. The number of nitrogens with one attached hydrogen (secondary N) is 1. The highest BCUT2D eigenvalue weighted by molar-refractivity contribution is 5.60. The first-order valence-corrected chi connectivity index (χ1v) is 6.49. The summed E-state index contributed by atoms with van der Waals surface area (Å²) in [5, 5.41) is 18.6. The van der Waals surface area contributed by atoms with E-state index in [2.05, 4.69) is 17.3 Å². The van der Waals surface area contributed by atoms with Crippen molar-refractivity contribution >= 4 is 11.5 Å². The molecular weight excluding hydrogens is 232 g/mol. The van der Waals surface area contributed by atoms with Crippen molar-refractivity contribution < 1.29 is 4.92 Å². The van der Waals surface area contributed by atoms with Crippen molar-refractivity contribution in [1.29, 1.82) is 0 Å². The van der Waals surface area contributed by atoms with Crippen LogP contribution in [0.1, 0.15) is 38.8 Å². The lowest BCUT2D eigenvalue weighted by atomic mass is 10.1. The Morgan fingerprint density at radius 1 is 1.61 bits per heavy atom. The van der Waals surface area contributed by atoms with E-state index in [-0.39, 0.29) is 16.7 Å². The van der Waals surface area contributed by atoms with Crippen LogP contribution >= 0.6 is 0 Å². The quantitative estimate of drug-likeness (QED) is 0.623. The van der Waals surface area contributed by atoms with Gasteiger partial charge in [0.2, 0.25) is 5.82 Å². The molecule has 1 heterocycles. The largest absolute Gasteiger partial charge is 0.362 e. The van der Waals surface area contributed by atoms with Crippen molar-refractivity contribution in [3.8, 4) is 0 Å². The van der Waals surface area contributed by atoms with Gasteiger partial charge in [0.25, 0.3) is 0 Å². The summed E-state index contributed by atoms with van der Waals surface area (Å²) < 4.78 is 1.58. The average Bonchev–Trinajstić information content (AvgIpc) is 3.03. The fourth-order valence-corrected chi connectivity index (χ4v) is 2.31. The Labute approximate surface area is 107 Å². The number of aromatic nitrogens is 2. The third kappa shape index (κ3) is 2.63. The lowest BCUT2D eigenvalue weighted by Crippen LogP contribution is -2.18. The van der Waals surface area contributed by atoms with Crippen LogP contribution < -0.4 is 5.32 Å². The van der Waals surface area contributed by atoms with Crippen molar-refractivity contribution in [3.63, 3.8) is 0 Å². The molecule has 1 saturated carbocycles. The van der Waals surface area contributed by atoms with E-state index in [1.165, 1.54) is 12.8 Å². The number of hydrogen-bond acceptors (Lipinski definition) is 4. The minimum Gasteiger partial charge on any atom is -0.362 e. The monoisotopic (exact) mass is 252 g/mol. The summed E-state index contributed by atoms with van der Waals surface area (Å²) in [5.41, 5.74) is 0.672. The van der Waals surface area contributed by atoms with E-state index in [0.29, 0.717) is 17.9 Å². The second-order valence-corrected chi connectivity index (χ2v) is 5.10. The molecule has 1 aliphatic rings. The van der Waals surface area contributed by atoms with Gasteiger partial charge in [0.15, 0.2) is 0 Å². The Morgan fingerprint density at radius 2 is 2.28 bits per heavy atom. The molecule has 1 atom stereocenters. The molecule has 6 heteroatoms. The number of rotatable bonds is 6. The van der Waals surface area contributed by atoms with Gasteiger partial charge < -0.3 is 5.32 Å². The highest BCUT2D eigenvalue weighted by atomic mass is 16.6. The van der Waals surface area contributed by atoms with E-state index in [1.807, 2.05) is 6.92 Å². The smallest absolute Gasteiger partial charge is 0.333 e. The molecule has 0 saturated heterocycles. The van der Waals surface area contributed by atoms with Gasteiger partial charge in [-0.2, -0.15) is 5.10 Å². The molecule has 0 radical (unpaired) electrons. The summed E-state index contributed by atoms with van der Waals surface area (Å²) in [6.07, 6.45) is 4.23. The van der Waals surface area contributed by atoms with Crippen molar-refractivity contribution in [1.82, 2.24) is 9.78 Å². The maximum Gasteiger partial charge on any atom is 0.333 e. The van der Waals surface area contributed by atoms with E-state index < -0.39 is 0 Å². The van der Waals surface area contributed by atoms with Gasteiger partial charge in [-0.05, 0) is 25.7 Å². The van der Waals surface area contributed by atoms with E-state index in [0.717, 1.165) is 12.3 Å². The summed E-state index contributed by atoms with van der Waals surface area (Å²) >= 11 is 0. The molecule has 1 fully saturated rings. The van der Waals surface area contributed by atoms with Crippen LogP contribution in [0.2, 0.25) is 0 Å². The third-order valence-electron chi connectivity index (χ3n) is 3.38. The summed E-state index contributed by atoms with van der Waals surface area (Å²) in [6, 6.07) is 0.247. The normalized spacial score (nSPS) is 16.6. The van der Waals surface area contributed by atoms with Gasteiger partial charge in [0, 0.05) is 13.1 Å². The molecule has 0 spiro atoms. The van der Waals surface area contributed by atoms with Gasteiger partial charge in [0.05, 0.1) is 4.92 Å². The minimum atomic E-state index is -0.335. The van der Waals surface area contributed by atoms with Crippen LogP contribution in [-0.2, 0) is 13.5 Å². The molecule has 100 valence electrons. The molecule has 1 unspecified atom stereocenters. The molecule has 1 N–H and O–H groups in total. The number of hydrogen-bond donors (Lipinski definition) is 1. The van der Waals surface area contributed by atoms with E-state index in [1.54, 1.807) is 11.7 Å². The highest BCUT2D eigenvalue weighted by Crippen LogP contribution is 2.35. The first-order valence-electron chi connectivity index (χ1n) is 6.49. The standard InChI is InChI=1S/C12H20N4O2/c1-4-10-11(16(17)18)12(15(3)14-10)13-8(2)7-9-5-6-9/h8-9,13H,4-7H2,1-3H3. The Kier molecular flexibility index (Phi) is 3.54. The van der Waals surface area contributed by atoms with Gasteiger partial charge in [0.1, 0.15) is 5.69 Å². The van der Waals surface area contributed by atoms with Crippen LogP contribution in [0.15, 0.2) is 0 Å². The van der Waals surface area contributed by atoms with Crippen LogP contribution in [0, 0.1) is 16.0 Å². The van der Waals surface area contributed by atoms with Crippen LogP contribution in [0.3, 0.4) is 0 Å². The molecule has 0 aromatic carbocycles. The lowest BCUT2D eigenvalue weighted by molar-refractivity contribution is -0.384. The Hall–Kier alpha value is -1.59. The molecule has 0 amide bonds. The predicted molar refractivity (Wildman–Crippen MR) is 69.7 cm³/mol. The van der Waals surface area contributed by atoms with Crippen molar-refractivity contribution in [2.45, 2.75) is 45.6 Å². The Bertz CT molecular complexity index is 451. The van der Waals surface area contributed by atoms with Crippen LogP contribution in [0.25, 0.3) is 0 Å². The zero-order valence-corrected chi connectivity index (χ0v) is 11.1. The fraction of sp³-hybridized carbons (Fsp3) is 0.750. The molecule has 18 heavy (non-hydrogen) atoms. The predicted octanol–water partition coefficient (Wildman–Crippen LogP) is 2.49. The van der Waals surface area contributed by atoms with Crippen LogP contribution in [0.5, 0.6) is 0 Å². The SMILES string of the molecule is CCc1nn(C)c(NC(C)CC2CC2)c1[N+](=O)[O-]. The molecular formula is C12H20N4O2. The maximum atomic E-state index is 11.1. The zero-order chi connectivity index (χ0) is 13.3. The molecule has 1 aromatic heterocycles. The van der Waals surface area contributed by atoms with Gasteiger partial charge in [-0.15, -0.1) is 0 Å². The van der Waals surface area contributed by atoms with Gasteiger partial charge in [-0.25, -0.2) is 4.68 Å². The van der Waals surface area contributed by atoms with Crippen molar-refractivity contribution in [3.05, 3.63) is 15.8 Å². The highest BCUT2D eigenvalue weighted by Gasteiger charge is 2.28. The first kappa shape index (κ1) is 12.9. The summed E-state index contributed by atoms with van der Waals surface area (Å²) in [7, 11) is 1.75. The van der Waals surface area contributed by atoms with Crippen LogP contribution in [0.4, 0.5) is 11.5 Å². The molecule has 2 rings (SSSR count). The fourth-order valence-electron chi connectivity index (χ4n) is 2.31. The third-order valence-corrected chi connectivity index (χ3v) is 3.38. The van der Waals surface area contributed by atoms with E-state index in [4.69, 9.17) is 0 Å². The minimum absolute atomic E-state index is 0.127. The van der Waals surface area contributed by atoms with Crippen molar-refractivity contribution in [2.24, 2.45) is 13.0 Å². The topological polar surface area (TPSA) is 73.0 Å². The number of nitrogens with zero attached hydrogens (tertiary/aromatic N) is 3. The Morgan fingerprint density at radius 3 is 2.78 bits per heavy atom. The Balaban J connectivity index is 2.19. The van der Waals surface area contributed by atoms with E-state index in [9.17, 15) is 10.1 Å². The number of aryl methyl sites for hydroxylation is 2. The molecule has 0 aliphatic heterocycles. The number of anilines is 1. The van der Waals surface area contributed by atoms with Gasteiger partial charge in [-0.1, -0.05) is 19.8 Å². The van der Waals surface area contributed by atoms with Gasteiger partial charge >= 0.3 is 5.69 Å².